The number of hydrogen-bond donors (Lipinski definition) is 1. The van der Waals surface area contributed by atoms with Crippen LogP contribution in [-0.4, -0.2) is 17.4 Å². The number of aromatic nitrogens is 1. The Hall–Kier alpha value is -2.68. The zero-order valence-electron chi connectivity index (χ0n) is 11.6. The van der Waals surface area contributed by atoms with Gasteiger partial charge in [-0.2, -0.15) is 0 Å². The lowest BCUT2D eigenvalue weighted by atomic mass is 10.0. The number of benzene rings is 2. The number of rotatable bonds is 4. The van der Waals surface area contributed by atoms with E-state index in [0.717, 1.165) is 28.3 Å². The number of nitrogens with zero attached hydrogens (tertiary/aromatic N) is 1. The number of nitrogens with one attached hydrogen (secondary N) is 1. The van der Waals surface area contributed by atoms with Gasteiger partial charge in [0.25, 0.3) is 5.91 Å². The average Bonchev–Trinajstić information content (AvgIpc) is 2.55. The van der Waals surface area contributed by atoms with E-state index in [1.165, 1.54) is 0 Å². The van der Waals surface area contributed by atoms with Crippen LogP contribution in [0.1, 0.15) is 15.9 Å². The molecule has 3 aromatic rings. The van der Waals surface area contributed by atoms with Crippen molar-refractivity contribution in [3.63, 3.8) is 0 Å². The fourth-order valence-corrected chi connectivity index (χ4v) is 2.39. The Morgan fingerprint density at radius 2 is 1.86 bits per heavy atom. The summed E-state index contributed by atoms with van der Waals surface area (Å²) in [5, 5.41) is 5.04. The predicted octanol–water partition coefficient (Wildman–Crippen LogP) is 3.21. The first-order chi connectivity index (χ1) is 10.3. The molecule has 0 unspecified atom stereocenters. The maximum Gasteiger partial charge on any atom is 0.251 e. The fraction of sp³-hybridized carbons (Fsp3) is 0.111. The summed E-state index contributed by atoms with van der Waals surface area (Å²) in [5.74, 6) is -0.0318. The SMILES string of the molecule is O=C(NCCc1cccnc1)c1cccc2ccccc12. The molecule has 1 aromatic heterocycles. The molecule has 0 bridgehead atoms. The first-order valence-electron chi connectivity index (χ1n) is 6.99. The van der Waals surface area contributed by atoms with E-state index in [1.54, 1.807) is 6.20 Å². The van der Waals surface area contributed by atoms with Crippen LogP contribution in [0.5, 0.6) is 0 Å². The molecule has 1 amide bonds. The minimum Gasteiger partial charge on any atom is -0.352 e. The topological polar surface area (TPSA) is 42.0 Å². The summed E-state index contributed by atoms with van der Waals surface area (Å²) in [6, 6.07) is 17.6. The quantitative estimate of drug-likeness (QED) is 0.795. The van der Waals surface area contributed by atoms with Gasteiger partial charge in [-0.15, -0.1) is 0 Å². The van der Waals surface area contributed by atoms with Crippen molar-refractivity contribution in [1.82, 2.24) is 10.3 Å². The summed E-state index contributed by atoms with van der Waals surface area (Å²) >= 11 is 0. The molecule has 0 fully saturated rings. The van der Waals surface area contributed by atoms with E-state index in [0.29, 0.717) is 6.54 Å². The third kappa shape index (κ3) is 3.08. The molecular weight excluding hydrogens is 260 g/mol. The lowest BCUT2D eigenvalue weighted by molar-refractivity contribution is 0.0956. The van der Waals surface area contributed by atoms with Crippen molar-refractivity contribution >= 4 is 16.7 Å². The van der Waals surface area contributed by atoms with Gasteiger partial charge in [-0.25, -0.2) is 0 Å². The van der Waals surface area contributed by atoms with Gasteiger partial charge in [-0.05, 0) is 34.9 Å². The molecule has 21 heavy (non-hydrogen) atoms. The van der Waals surface area contributed by atoms with Crippen LogP contribution < -0.4 is 5.32 Å². The highest BCUT2D eigenvalue weighted by Crippen LogP contribution is 2.18. The molecule has 2 aromatic carbocycles. The second-order valence-corrected chi connectivity index (χ2v) is 4.89. The van der Waals surface area contributed by atoms with E-state index in [9.17, 15) is 4.79 Å². The van der Waals surface area contributed by atoms with E-state index in [1.807, 2.05) is 60.8 Å². The zero-order chi connectivity index (χ0) is 14.5. The first-order valence-corrected chi connectivity index (χ1v) is 6.99. The Morgan fingerprint density at radius 3 is 2.71 bits per heavy atom. The molecule has 0 radical (unpaired) electrons. The van der Waals surface area contributed by atoms with Gasteiger partial charge in [-0.3, -0.25) is 9.78 Å². The Labute approximate surface area is 123 Å². The van der Waals surface area contributed by atoms with Crippen molar-refractivity contribution in [2.75, 3.05) is 6.54 Å². The Balaban J connectivity index is 1.70. The van der Waals surface area contributed by atoms with Gasteiger partial charge in [0.1, 0.15) is 0 Å². The summed E-state index contributed by atoms with van der Waals surface area (Å²) in [7, 11) is 0. The van der Waals surface area contributed by atoms with Crippen LogP contribution in [0.3, 0.4) is 0 Å². The molecular formula is C18H16N2O. The fourth-order valence-electron chi connectivity index (χ4n) is 2.39. The van der Waals surface area contributed by atoms with Gasteiger partial charge in [0.2, 0.25) is 0 Å². The monoisotopic (exact) mass is 276 g/mol. The largest absolute Gasteiger partial charge is 0.352 e. The minimum atomic E-state index is -0.0318. The van der Waals surface area contributed by atoms with Gasteiger partial charge >= 0.3 is 0 Å². The molecule has 3 rings (SSSR count). The van der Waals surface area contributed by atoms with Crippen molar-refractivity contribution in [3.05, 3.63) is 78.1 Å². The van der Waals surface area contributed by atoms with Crippen LogP contribution in [0.2, 0.25) is 0 Å². The van der Waals surface area contributed by atoms with Crippen LogP contribution in [0.15, 0.2) is 67.0 Å². The molecule has 104 valence electrons. The number of carbonyl (C=O) groups excluding carboxylic acids is 1. The van der Waals surface area contributed by atoms with Crippen LogP contribution in [-0.2, 0) is 6.42 Å². The van der Waals surface area contributed by atoms with Crippen molar-refractivity contribution in [3.8, 4) is 0 Å². The normalized spacial score (nSPS) is 10.5. The third-order valence-electron chi connectivity index (χ3n) is 3.46. The molecule has 0 spiro atoms. The lowest BCUT2D eigenvalue weighted by Gasteiger charge is -2.08. The summed E-state index contributed by atoms with van der Waals surface area (Å²) in [6.07, 6.45) is 4.35. The van der Waals surface area contributed by atoms with Crippen LogP contribution in [0.4, 0.5) is 0 Å². The van der Waals surface area contributed by atoms with E-state index < -0.39 is 0 Å². The second kappa shape index (κ2) is 6.18. The van der Waals surface area contributed by atoms with E-state index in [4.69, 9.17) is 0 Å². The van der Waals surface area contributed by atoms with E-state index in [-0.39, 0.29) is 5.91 Å². The summed E-state index contributed by atoms with van der Waals surface area (Å²) in [6.45, 7) is 0.605. The summed E-state index contributed by atoms with van der Waals surface area (Å²) in [5.41, 5.74) is 1.84. The Bertz CT molecular complexity index is 748. The van der Waals surface area contributed by atoms with E-state index >= 15 is 0 Å². The predicted molar refractivity (Wildman–Crippen MR) is 84.2 cm³/mol. The second-order valence-electron chi connectivity index (χ2n) is 4.89. The van der Waals surface area contributed by atoms with Gasteiger partial charge in [0.05, 0.1) is 0 Å². The summed E-state index contributed by atoms with van der Waals surface area (Å²) < 4.78 is 0. The lowest BCUT2D eigenvalue weighted by Crippen LogP contribution is -2.25. The maximum absolute atomic E-state index is 12.3. The molecule has 0 saturated carbocycles. The molecule has 3 nitrogen and oxygen atoms in total. The highest BCUT2D eigenvalue weighted by atomic mass is 16.1. The smallest absolute Gasteiger partial charge is 0.251 e. The van der Waals surface area contributed by atoms with Crippen LogP contribution in [0, 0.1) is 0 Å². The molecule has 0 saturated heterocycles. The summed E-state index contributed by atoms with van der Waals surface area (Å²) in [4.78, 5) is 16.4. The van der Waals surface area contributed by atoms with Crippen molar-refractivity contribution in [1.29, 1.82) is 0 Å². The van der Waals surface area contributed by atoms with Crippen LogP contribution in [0.25, 0.3) is 10.8 Å². The molecule has 1 N–H and O–H groups in total. The Morgan fingerprint density at radius 1 is 1.00 bits per heavy atom. The Kier molecular flexibility index (Phi) is 3.92. The number of pyridine rings is 1. The maximum atomic E-state index is 12.3. The van der Waals surface area contributed by atoms with Gasteiger partial charge in [-0.1, -0.05) is 42.5 Å². The molecule has 0 atom stereocenters. The van der Waals surface area contributed by atoms with Crippen LogP contribution >= 0.6 is 0 Å². The number of fused-ring (bicyclic) bond motifs is 1. The zero-order valence-corrected chi connectivity index (χ0v) is 11.6. The molecule has 0 aliphatic rings. The van der Waals surface area contributed by atoms with Crippen molar-refractivity contribution in [2.24, 2.45) is 0 Å². The van der Waals surface area contributed by atoms with E-state index in [2.05, 4.69) is 10.3 Å². The number of amides is 1. The average molecular weight is 276 g/mol. The minimum absolute atomic E-state index is 0.0318. The highest BCUT2D eigenvalue weighted by Gasteiger charge is 2.08. The number of hydrogen-bond acceptors (Lipinski definition) is 2. The van der Waals surface area contributed by atoms with Gasteiger partial charge < -0.3 is 5.32 Å². The highest BCUT2D eigenvalue weighted by molar-refractivity contribution is 6.06. The standard InChI is InChI=1S/C18H16N2O/c21-18(20-12-10-14-5-4-11-19-13-14)17-9-3-7-15-6-1-2-8-16(15)17/h1-9,11,13H,10,12H2,(H,20,21). The van der Waals surface area contributed by atoms with Crippen molar-refractivity contribution < 1.29 is 4.79 Å². The third-order valence-corrected chi connectivity index (χ3v) is 3.46. The molecule has 0 aliphatic carbocycles. The molecule has 3 heteroatoms. The number of carbonyl (C=O) groups is 1. The first kappa shape index (κ1) is 13.3. The molecule has 0 aliphatic heterocycles. The molecule has 1 heterocycles. The van der Waals surface area contributed by atoms with Gasteiger partial charge in [0.15, 0.2) is 0 Å². The van der Waals surface area contributed by atoms with Gasteiger partial charge in [0, 0.05) is 24.5 Å². The van der Waals surface area contributed by atoms with Crippen molar-refractivity contribution in [2.45, 2.75) is 6.42 Å².